The van der Waals surface area contributed by atoms with Crippen LogP contribution in [0.15, 0.2) is 12.4 Å². The van der Waals surface area contributed by atoms with Crippen LogP contribution in [-0.4, -0.2) is 91.4 Å². The quantitative estimate of drug-likeness (QED) is 0.452. The summed E-state index contributed by atoms with van der Waals surface area (Å²) in [7, 11) is 0. The van der Waals surface area contributed by atoms with Gasteiger partial charge in [-0.05, 0) is 70.8 Å². The molecule has 5 heterocycles. The van der Waals surface area contributed by atoms with Crippen molar-refractivity contribution in [3.63, 3.8) is 0 Å². The molecule has 0 aromatic carbocycles. The number of fused-ring (bicyclic) bond motifs is 1. The summed E-state index contributed by atoms with van der Waals surface area (Å²) >= 11 is 1.44. The Hall–Kier alpha value is -2.34. The molecule has 2 saturated heterocycles. The maximum absolute atomic E-state index is 5.50. The lowest BCUT2D eigenvalue weighted by molar-refractivity contribution is 0.0631. The van der Waals surface area contributed by atoms with Gasteiger partial charge < -0.3 is 15.4 Å². The third kappa shape index (κ3) is 5.66. The highest BCUT2D eigenvalue weighted by Gasteiger charge is 2.29. The standard InChI is InChI=1S/C27H41N9OS/c1-18(2)34-10-12-35(13-11-34)22-6-4-20(5-7-22)29-25-24-19(3)33-38-26(24)32-27(31-25)30-21-16-28-36(17-21)23-8-14-37-15-9-23/h16-18,20,22-23H,4-15H2,1-3H3,(H2,29,30,31,32). The van der Waals surface area contributed by atoms with E-state index in [1.54, 1.807) is 0 Å². The van der Waals surface area contributed by atoms with E-state index >= 15 is 0 Å². The molecule has 0 bridgehead atoms. The molecule has 0 atom stereocenters. The molecule has 11 heteroatoms. The average molecular weight is 540 g/mol. The molecule has 2 aliphatic heterocycles. The van der Waals surface area contributed by atoms with Crippen LogP contribution in [0, 0.1) is 6.92 Å². The zero-order valence-corrected chi connectivity index (χ0v) is 23.7. The van der Waals surface area contributed by atoms with Gasteiger partial charge in [0.05, 0.1) is 29.0 Å². The second-order valence-electron chi connectivity index (χ2n) is 11.3. The molecule has 0 amide bonds. The lowest BCUT2D eigenvalue weighted by atomic mass is 9.89. The third-order valence-corrected chi connectivity index (χ3v) is 9.40. The molecule has 206 valence electrons. The van der Waals surface area contributed by atoms with E-state index in [4.69, 9.17) is 14.7 Å². The van der Waals surface area contributed by atoms with Gasteiger partial charge in [0.2, 0.25) is 5.95 Å². The summed E-state index contributed by atoms with van der Waals surface area (Å²) in [5.74, 6) is 1.49. The summed E-state index contributed by atoms with van der Waals surface area (Å²) in [6.07, 6.45) is 10.7. The monoisotopic (exact) mass is 539 g/mol. The summed E-state index contributed by atoms with van der Waals surface area (Å²) in [5, 5.41) is 12.8. The molecule has 0 radical (unpaired) electrons. The second-order valence-corrected chi connectivity index (χ2v) is 12.1. The Labute approximate surface area is 229 Å². The molecule has 3 aromatic rings. The second kappa shape index (κ2) is 11.4. The lowest BCUT2D eigenvalue weighted by Gasteiger charge is -2.43. The van der Waals surface area contributed by atoms with E-state index < -0.39 is 0 Å². The van der Waals surface area contributed by atoms with Gasteiger partial charge in [0.25, 0.3) is 0 Å². The number of hydrogen-bond donors (Lipinski definition) is 2. The van der Waals surface area contributed by atoms with Crippen LogP contribution in [0.3, 0.4) is 0 Å². The molecule has 6 rings (SSSR count). The number of piperazine rings is 1. The largest absolute Gasteiger partial charge is 0.381 e. The zero-order valence-electron chi connectivity index (χ0n) is 22.9. The Kier molecular flexibility index (Phi) is 7.78. The van der Waals surface area contributed by atoms with E-state index in [1.165, 1.54) is 50.6 Å². The van der Waals surface area contributed by atoms with Gasteiger partial charge in [-0.1, -0.05) is 0 Å². The molecule has 3 aromatic heterocycles. The molecular weight excluding hydrogens is 498 g/mol. The van der Waals surface area contributed by atoms with Gasteiger partial charge in [-0.15, -0.1) is 0 Å². The van der Waals surface area contributed by atoms with Crippen LogP contribution in [-0.2, 0) is 4.74 Å². The van der Waals surface area contributed by atoms with Crippen LogP contribution >= 0.6 is 11.5 Å². The van der Waals surface area contributed by atoms with Gasteiger partial charge in [-0.3, -0.25) is 14.5 Å². The number of rotatable bonds is 7. The number of nitrogens with one attached hydrogen (secondary N) is 2. The van der Waals surface area contributed by atoms with Crippen LogP contribution in [0.2, 0.25) is 0 Å². The highest BCUT2D eigenvalue weighted by atomic mass is 32.1. The number of aromatic nitrogens is 5. The van der Waals surface area contributed by atoms with Gasteiger partial charge >= 0.3 is 0 Å². The normalized spacial score (nSPS) is 24.3. The Balaban J connectivity index is 1.11. The van der Waals surface area contributed by atoms with Gasteiger partial charge in [-0.25, -0.2) is 0 Å². The van der Waals surface area contributed by atoms with Crippen molar-refractivity contribution in [1.29, 1.82) is 0 Å². The van der Waals surface area contributed by atoms with Crippen LogP contribution in [0.5, 0.6) is 0 Å². The first-order chi connectivity index (χ1) is 18.5. The highest BCUT2D eigenvalue weighted by Crippen LogP contribution is 2.32. The summed E-state index contributed by atoms with van der Waals surface area (Å²) in [6.45, 7) is 13.1. The summed E-state index contributed by atoms with van der Waals surface area (Å²) in [6, 6.07) is 2.17. The van der Waals surface area contributed by atoms with E-state index in [0.717, 1.165) is 66.3 Å². The van der Waals surface area contributed by atoms with Crippen molar-refractivity contribution in [2.24, 2.45) is 0 Å². The Morgan fingerprint density at radius 3 is 2.47 bits per heavy atom. The Morgan fingerprint density at radius 2 is 1.74 bits per heavy atom. The molecule has 3 aliphatic rings. The molecule has 2 N–H and O–H groups in total. The fourth-order valence-corrected chi connectivity index (χ4v) is 7.01. The summed E-state index contributed by atoms with van der Waals surface area (Å²) in [4.78, 5) is 16.0. The fraction of sp³-hybridized carbons (Fsp3) is 0.704. The average Bonchev–Trinajstić information content (AvgIpc) is 3.56. The maximum atomic E-state index is 5.50. The van der Waals surface area contributed by atoms with Crippen LogP contribution in [0.4, 0.5) is 17.5 Å². The topological polar surface area (TPSA) is 96.3 Å². The summed E-state index contributed by atoms with van der Waals surface area (Å²) < 4.78 is 12.1. The molecule has 10 nitrogen and oxygen atoms in total. The smallest absolute Gasteiger partial charge is 0.230 e. The summed E-state index contributed by atoms with van der Waals surface area (Å²) in [5.41, 5.74) is 1.89. The predicted molar refractivity (Wildman–Crippen MR) is 152 cm³/mol. The Bertz CT molecular complexity index is 1200. The van der Waals surface area contributed by atoms with E-state index in [-0.39, 0.29) is 0 Å². The molecule has 1 aliphatic carbocycles. The van der Waals surface area contributed by atoms with Crippen molar-refractivity contribution in [3.8, 4) is 0 Å². The van der Waals surface area contributed by atoms with Crippen molar-refractivity contribution in [2.75, 3.05) is 50.0 Å². The first-order valence-corrected chi connectivity index (χ1v) is 15.1. The maximum Gasteiger partial charge on any atom is 0.230 e. The first-order valence-electron chi connectivity index (χ1n) is 14.3. The molecule has 0 spiro atoms. The van der Waals surface area contributed by atoms with Gasteiger partial charge in [0.1, 0.15) is 5.82 Å². The van der Waals surface area contributed by atoms with E-state index in [0.29, 0.717) is 30.1 Å². The van der Waals surface area contributed by atoms with Crippen molar-refractivity contribution in [3.05, 3.63) is 18.1 Å². The minimum Gasteiger partial charge on any atom is -0.381 e. The van der Waals surface area contributed by atoms with Crippen LogP contribution in [0.25, 0.3) is 10.2 Å². The number of nitrogens with zero attached hydrogens (tertiary/aromatic N) is 7. The molecular formula is C27H41N9OS. The van der Waals surface area contributed by atoms with E-state index in [2.05, 4.69) is 49.9 Å². The van der Waals surface area contributed by atoms with Crippen molar-refractivity contribution in [2.45, 2.75) is 83.5 Å². The van der Waals surface area contributed by atoms with E-state index in [9.17, 15) is 0 Å². The van der Waals surface area contributed by atoms with Gasteiger partial charge in [-0.2, -0.15) is 19.4 Å². The van der Waals surface area contributed by atoms with Crippen LogP contribution in [0.1, 0.15) is 64.1 Å². The number of aryl methyl sites for hydroxylation is 1. The van der Waals surface area contributed by atoms with Gasteiger partial charge in [0, 0.05) is 63.7 Å². The van der Waals surface area contributed by atoms with Crippen molar-refractivity contribution >= 4 is 39.2 Å². The minimum atomic E-state index is 0.387. The predicted octanol–water partition coefficient (Wildman–Crippen LogP) is 4.44. The van der Waals surface area contributed by atoms with Crippen LogP contribution < -0.4 is 10.6 Å². The highest BCUT2D eigenvalue weighted by molar-refractivity contribution is 7.13. The first kappa shape index (κ1) is 25.9. The minimum absolute atomic E-state index is 0.387. The molecule has 1 saturated carbocycles. The number of anilines is 3. The Morgan fingerprint density at radius 1 is 0.974 bits per heavy atom. The third-order valence-electron chi connectivity index (χ3n) is 8.56. The molecule has 3 fully saturated rings. The fourth-order valence-electron chi connectivity index (χ4n) is 6.23. The molecule has 38 heavy (non-hydrogen) atoms. The number of ether oxygens (including phenoxy) is 1. The SMILES string of the molecule is Cc1nsc2nc(Nc3cnn(C4CCOCC4)c3)nc(NC3CCC(N4CCN(C(C)C)CC4)CC3)c12. The van der Waals surface area contributed by atoms with Crippen molar-refractivity contribution < 1.29 is 4.74 Å². The lowest BCUT2D eigenvalue weighted by Crippen LogP contribution is -2.53. The zero-order chi connectivity index (χ0) is 26.1. The number of hydrogen-bond acceptors (Lipinski definition) is 10. The molecule has 0 unspecified atom stereocenters. The van der Waals surface area contributed by atoms with Gasteiger partial charge in [0.15, 0.2) is 4.83 Å². The van der Waals surface area contributed by atoms with E-state index in [1.807, 2.05) is 17.8 Å². The van der Waals surface area contributed by atoms with Crippen molar-refractivity contribution in [1.82, 2.24) is 33.9 Å².